The average molecular weight is 154 g/mol. The Balaban J connectivity index is 2.30. The van der Waals surface area contributed by atoms with Gasteiger partial charge in [0.15, 0.2) is 0 Å². The van der Waals surface area contributed by atoms with Crippen molar-refractivity contribution in [3.63, 3.8) is 0 Å². The SMILES string of the molecule is CC1(C(=O)O)CC2C=CC1O2. The van der Waals surface area contributed by atoms with E-state index in [1.54, 1.807) is 6.92 Å². The van der Waals surface area contributed by atoms with E-state index in [4.69, 9.17) is 9.84 Å². The average Bonchev–Trinajstić information content (AvgIpc) is 2.45. The molecule has 2 bridgehead atoms. The zero-order chi connectivity index (χ0) is 8.06. The minimum atomic E-state index is -0.755. The van der Waals surface area contributed by atoms with E-state index >= 15 is 0 Å². The molecule has 1 fully saturated rings. The van der Waals surface area contributed by atoms with Gasteiger partial charge in [-0.25, -0.2) is 0 Å². The van der Waals surface area contributed by atoms with Gasteiger partial charge in [-0.2, -0.15) is 0 Å². The molecule has 0 aromatic heterocycles. The number of carboxylic acids is 1. The van der Waals surface area contributed by atoms with Crippen molar-refractivity contribution in [1.29, 1.82) is 0 Å². The number of aliphatic carboxylic acids is 1. The van der Waals surface area contributed by atoms with Crippen LogP contribution < -0.4 is 0 Å². The maximum Gasteiger partial charge on any atom is 0.312 e. The van der Waals surface area contributed by atoms with Crippen LogP contribution in [0, 0.1) is 5.41 Å². The van der Waals surface area contributed by atoms with Crippen LogP contribution in [0.5, 0.6) is 0 Å². The largest absolute Gasteiger partial charge is 0.481 e. The van der Waals surface area contributed by atoms with Crippen molar-refractivity contribution >= 4 is 5.97 Å². The highest BCUT2D eigenvalue weighted by Crippen LogP contribution is 2.43. The summed E-state index contributed by atoms with van der Waals surface area (Å²) < 4.78 is 5.36. The molecule has 1 N–H and O–H groups in total. The number of hydrogen-bond donors (Lipinski definition) is 1. The third-order valence-corrected chi connectivity index (χ3v) is 2.56. The molecule has 0 spiro atoms. The van der Waals surface area contributed by atoms with E-state index < -0.39 is 11.4 Å². The van der Waals surface area contributed by atoms with E-state index in [-0.39, 0.29) is 12.2 Å². The lowest BCUT2D eigenvalue weighted by Crippen LogP contribution is -2.35. The molecule has 0 aromatic carbocycles. The second kappa shape index (κ2) is 1.85. The van der Waals surface area contributed by atoms with Crippen LogP contribution >= 0.6 is 0 Å². The summed E-state index contributed by atoms with van der Waals surface area (Å²) in [5, 5.41) is 8.88. The van der Waals surface area contributed by atoms with Gasteiger partial charge < -0.3 is 9.84 Å². The van der Waals surface area contributed by atoms with Gasteiger partial charge in [0.2, 0.25) is 0 Å². The molecule has 2 rings (SSSR count). The van der Waals surface area contributed by atoms with Gasteiger partial charge in [0, 0.05) is 0 Å². The van der Waals surface area contributed by atoms with Crippen LogP contribution in [0.15, 0.2) is 12.2 Å². The van der Waals surface area contributed by atoms with E-state index in [1.807, 2.05) is 12.2 Å². The third-order valence-electron chi connectivity index (χ3n) is 2.56. The Bertz CT molecular complexity index is 233. The standard InChI is InChI=1S/C8H10O3/c1-8(7(9)10)4-5-2-3-6(8)11-5/h2-3,5-6H,4H2,1H3,(H,9,10). The molecule has 1 saturated heterocycles. The molecule has 3 heteroatoms. The lowest BCUT2D eigenvalue weighted by molar-refractivity contribution is -0.149. The van der Waals surface area contributed by atoms with Crippen LogP contribution in [-0.2, 0) is 9.53 Å². The summed E-state index contributed by atoms with van der Waals surface area (Å²) in [4.78, 5) is 10.8. The zero-order valence-corrected chi connectivity index (χ0v) is 6.28. The minimum Gasteiger partial charge on any atom is -0.481 e. The van der Waals surface area contributed by atoms with Gasteiger partial charge in [-0.15, -0.1) is 0 Å². The Morgan fingerprint density at radius 3 is 2.73 bits per heavy atom. The van der Waals surface area contributed by atoms with Crippen LogP contribution in [0.4, 0.5) is 0 Å². The molecular formula is C8H10O3. The quantitative estimate of drug-likeness (QED) is 0.568. The summed E-state index contributed by atoms with van der Waals surface area (Å²) in [5.74, 6) is -0.755. The van der Waals surface area contributed by atoms with E-state index in [0.29, 0.717) is 6.42 Å². The molecule has 0 radical (unpaired) electrons. The minimum absolute atomic E-state index is 0.0427. The summed E-state index contributed by atoms with van der Waals surface area (Å²) in [5.41, 5.74) is -0.681. The maximum absolute atomic E-state index is 10.8. The Morgan fingerprint density at radius 1 is 1.73 bits per heavy atom. The van der Waals surface area contributed by atoms with Gasteiger partial charge in [-0.3, -0.25) is 4.79 Å². The number of carbonyl (C=O) groups is 1. The normalized spacial score (nSPS) is 46.6. The van der Waals surface area contributed by atoms with Crippen molar-refractivity contribution in [2.45, 2.75) is 25.6 Å². The number of fused-ring (bicyclic) bond motifs is 2. The molecule has 3 atom stereocenters. The molecule has 0 aromatic rings. The maximum atomic E-state index is 10.8. The molecule has 2 aliphatic heterocycles. The topological polar surface area (TPSA) is 46.5 Å². The molecule has 3 unspecified atom stereocenters. The molecule has 2 heterocycles. The molecule has 11 heavy (non-hydrogen) atoms. The van der Waals surface area contributed by atoms with Crippen molar-refractivity contribution in [3.8, 4) is 0 Å². The monoisotopic (exact) mass is 154 g/mol. The lowest BCUT2D eigenvalue weighted by Gasteiger charge is -2.22. The molecule has 0 amide bonds. The van der Waals surface area contributed by atoms with E-state index in [1.165, 1.54) is 0 Å². The fraction of sp³-hybridized carbons (Fsp3) is 0.625. The van der Waals surface area contributed by atoms with Crippen LogP contribution in [0.2, 0.25) is 0 Å². The predicted molar refractivity (Wildman–Crippen MR) is 38.2 cm³/mol. The predicted octanol–water partition coefficient (Wildman–Crippen LogP) is 0.805. The van der Waals surface area contributed by atoms with Gasteiger partial charge >= 0.3 is 5.97 Å². The first kappa shape index (κ1) is 6.85. The van der Waals surface area contributed by atoms with Crippen LogP contribution in [0.1, 0.15) is 13.3 Å². The molecule has 3 nitrogen and oxygen atoms in total. The Kier molecular flexibility index (Phi) is 1.16. The van der Waals surface area contributed by atoms with Gasteiger partial charge in [-0.1, -0.05) is 12.2 Å². The first-order valence-corrected chi connectivity index (χ1v) is 3.70. The van der Waals surface area contributed by atoms with Crippen molar-refractivity contribution < 1.29 is 14.6 Å². The second-order valence-corrected chi connectivity index (χ2v) is 3.41. The molecular weight excluding hydrogens is 144 g/mol. The number of hydrogen-bond acceptors (Lipinski definition) is 2. The number of ether oxygens (including phenoxy) is 1. The fourth-order valence-electron chi connectivity index (χ4n) is 1.73. The van der Waals surface area contributed by atoms with Crippen molar-refractivity contribution in [1.82, 2.24) is 0 Å². The highest BCUT2D eigenvalue weighted by Gasteiger charge is 2.51. The van der Waals surface area contributed by atoms with Crippen molar-refractivity contribution in [3.05, 3.63) is 12.2 Å². The zero-order valence-electron chi connectivity index (χ0n) is 6.28. The highest BCUT2D eigenvalue weighted by molar-refractivity contribution is 5.76. The van der Waals surface area contributed by atoms with Gasteiger partial charge in [0.05, 0.1) is 17.6 Å². The molecule has 60 valence electrons. The second-order valence-electron chi connectivity index (χ2n) is 3.41. The number of rotatable bonds is 1. The van der Waals surface area contributed by atoms with E-state index in [2.05, 4.69) is 0 Å². The summed E-state index contributed by atoms with van der Waals surface area (Å²) in [6, 6.07) is 0. The summed E-state index contributed by atoms with van der Waals surface area (Å²) in [6.07, 6.45) is 4.24. The van der Waals surface area contributed by atoms with Gasteiger partial charge in [0.1, 0.15) is 0 Å². The molecule has 0 aliphatic carbocycles. The summed E-state index contributed by atoms with van der Waals surface area (Å²) in [7, 11) is 0. The highest BCUT2D eigenvalue weighted by atomic mass is 16.5. The fourth-order valence-corrected chi connectivity index (χ4v) is 1.73. The van der Waals surface area contributed by atoms with Crippen LogP contribution in [0.3, 0.4) is 0 Å². The summed E-state index contributed by atoms with van der Waals surface area (Å²) >= 11 is 0. The van der Waals surface area contributed by atoms with Gasteiger partial charge in [-0.05, 0) is 13.3 Å². The van der Waals surface area contributed by atoms with Crippen molar-refractivity contribution in [2.24, 2.45) is 5.41 Å². The number of carboxylic acid groups (broad SMARTS) is 1. The van der Waals surface area contributed by atoms with E-state index in [9.17, 15) is 4.79 Å². The van der Waals surface area contributed by atoms with Crippen molar-refractivity contribution in [2.75, 3.05) is 0 Å². The molecule has 2 aliphatic rings. The third kappa shape index (κ3) is 0.744. The Labute approximate surface area is 64.7 Å². The smallest absolute Gasteiger partial charge is 0.312 e. The van der Waals surface area contributed by atoms with Crippen LogP contribution in [0.25, 0.3) is 0 Å². The Hall–Kier alpha value is -0.830. The van der Waals surface area contributed by atoms with Crippen LogP contribution in [-0.4, -0.2) is 23.3 Å². The Morgan fingerprint density at radius 2 is 2.45 bits per heavy atom. The van der Waals surface area contributed by atoms with E-state index in [0.717, 1.165) is 0 Å². The lowest BCUT2D eigenvalue weighted by atomic mass is 9.79. The first-order chi connectivity index (χ1) is 5.13. The van der Waals surface area contributed by atoms with Gasteiger partial charge in [0.25, 0.3) is 0 Å². The molecule has 0 saturated carbocycles. The first-order valence-electron chi connectivity index (χ1n) is 3.70. The summed E-state index contributed by atoms with van der Waals surface area (Å²) in [6.45, 7) is 1.74.